The van der Waals surface area contributed by atoms with E-state index in [4.69, 9.17) is 5.11 Å². The summed E-state index contributed by atoms with van der Waals surface area (Å²) in [5, 5.41) is 10.3. The molecule has 0 atom stereocenters. The minimum Gasteiger partial charge on any atom is -0.481 e. The fourth-order valence-corrected chi connectivity index (χ4v) is 2.00. The van der Waals surface area contributed by atoms with Crippen LogP contribution < -0.4 is 0 Å². The number of carbonyl (C=O) groups is 1. The normalized spacial score (nSPS) is 11.9. The third kappa shape index (κ3) is 2.18. The van der Waals surface area contributed by atoms with Gasteiger partial charge >= 0.3 is 5.97 Å². The number of fused-ring (bicyclic) bond motifs is 1. The molecule has 2 aromatic rings. The number of rotatable bonds is 3. The van der Waals surface area contributed by atoms with Gasteiger partial charge < -0.3 is 10.1 Å². The highest BCUT2D eigenvalue weighted by molar-refractivity contribution is 5.85. The molecule has 3 nitrogen and oxygen atoms in total. The fourth-order valence-electron chi connectivity index (χ4n) is 2.00. The van der Waals surface area contributed by atoms with Crippen molar-refractivity contribution in [1.29, 1.82) is 0 Å². The van der Waals surface area contributed by atoms with E-state index < -0.39 is 11.4 Å². The molecule has 0 amide bonds. The Kier molecular flexibility index (Phi) is 2.69. The molecular weight excluding hydrogens is 214 g/mol. The standard InChI is InChI=1S/C14H17NO2/c1-9-4-5-11-10(8-15-12(11)6-9)7-14(2,3)13(16)17/h4-6,8,15H,7H2,1-3H3,(H,16,17). The van der Waals surface area contributed by atoms with Crippen LogP contribution in [0.3, 0.4) is 0 Å². The Labute approximate surface area is 100 Å². The van der Waals surface area contributed by atoms with Gasteiger partial charge in [0.25, 0.3) is 0 Å². The van der Waals surface area contributed by atoms with Crippen LogP contribution in [0.2, 0.25) is 0 Å². The first-order valence-electron chi connectivity index (χ1n) is 5.70. The fraction of sp³-hybridized carbons (Fsp3) is 0.357. The van der Waals surface area contributed by atoms with E-state index in [-0.39, 0.29) is 0 Å². The first kappa shape index (κ1) is 11.7. The number of carboxylic acids is 1. The summed E-state index contributed by atoms with van der Waals surface area (Å²) in [6.45, 7) is 5.55. The van der Waals surface area contributed by atoms with Crippen LogP contribution in [0.4, 0.5) is 0 Å². The van der Waals surface area contributed by atoms with Gasteiger partial charge in [0.1, 0.15) is 0 Å². The van der Waals surface area contributed by atoms with Gasteiger partial charge in [-0.25, -0.2) is 0 Å². The van der Waals surface area contributed by atoms with Crippen LogP contribution in [0.25, 0.3) is 10.9 Å². The van der Waals surface area contributed by atoms with E-state index in [0.29, 0.717) is 6.42 Å². The van der Waals surface area contributed by atoms with Crippen LogP contribution in [-0.2, 0) is 11.2 Å². The number of aromatic amines is 1. The lowest BCUT2D eigenvalue weighted by Crippen LogP contribution is -2.26. The van der Waals surface area contributed by atoms with Gasteiger partial charge in [-0.05, 0) is 44.4 Å². The molecule has 17 heavy (non-hydrogen) atoms. The van der Waals surface area contributed by atoms with Gasteiger partial charge in [0, 0.05) is 17.1 Å². The maximum Gasteiger partial charge on any atom is 0.309 e. The number of aryl methyl sites for hydroxylation is 1. The summed E-state index contributed by atoms with van der Waals surface area (Å²) in [4.78, 5) is 14.3. The maximum absolute atomic E-state index is 11.1. The summed E-state index contributed by atoms with van der Waals surface area (Å²) < 4.78 is 0. The average molecular weight is 231 g/mol. The second-order valence-electron chi connectivity index (χ2n) is 5.23. The van der Waals surface area contributed by atoms with Crippen LogP contribution >= 0.6 is 0 Å². The molecular formula is C14H17NO2. The molecule has 2 rings (SSSR count). The Morgan fingerprint density at radius 3 is 2.76 bits per heavy atom. The summed E-state index contributed by atoms with van der Waals surface area (Å²) in [7, 11) is 0. The average Bonchev–Trinajstić information content (AvgIpc) is 2.60. The van der Waals surface area contributed by atoms with Crippen LogP contribution in [0.15, 0.2) is 24.4 Å². The number of hydrogen-bond donors (Lipinski definition) is 2. The van der Waals surface area contributed by atoms with E-state index in [2.05, 4.69) is 17.1 Å². The molecule has 1 aromatic carbocycles. The molecule has 0 saturated heterocycles. The molecule has 0 aliphatic carbocycles. The van der Waals surface area contributed by atoms with Crippen LogP contribution in [-0.4, -0.2) is 16.1 Å². The van der Waals surface area contributed by atoms with E-state index in [1.807, 2.05) is 19.2 Å². The number of carboxylic acid groups (broad SMARTS) is 1. The van der Waals surface area contributed by atoms with Gasteiger partial charge in [-0.2, -0.15) is 0 Å². The van der Waals surface area contributed by atoms with Crippen molar-refractivity contribution in [3.8, 4) is 0 Å². The SMILES string of the molecule is Cc1ccc2c(CC(C)(C)C(=O)O)c[nH]c2c1. The molecule has 0 aliphatic rings. The van der Waals surface area contributed by atoms with Crippen LogP contribution in [0.1, 0.15) is 25.0 Å². The van der Waals surface area contributed by atoms with Crippen molar-refractivity contribution >= 4 is 16.9 Å². The topological polar surface area (TPSA) is 53.1 Å². The van der Waals surface area contributed by atoms with Gasteiger partial charge in [-0.3, -0.25) is 4.79 Å². The highest BCUT2D eigenvalue weighted by atomic mass is 16.4. The van der Waals surface area contributed by atoms with Crippen molar-refractivity contribution in [3.05, 3.63) is 35.5 Å². The van der Waals surface area contributed by atoms with E-state index in [9.17, 15) is 4.79 Å². The number of aliphatic carboxylic acids is 1. The Balaban J connectivity index is 2.41. The number of hydrogen-bond acceptors (Lipinski definition) is 1. The number of aromatic nitrogens is 1. The van der Waals surface area contributed by atoms with E-state index in [1.165, 1.54) is 5.56 Å². The van der Waals surface area contributed by atoms with Gasteiger partial charge in [0.15, 0.2) is 0 Å². The molecule has 0 spiro atoms. The Hall–Kier alpha value is -1.77. The van der Waals surface area contributed by atoms with E-state index in [0.717, 1.165) is 16.5 Å². The molecule has 90 valence electrons. The third-order valence-corrected chi connectivity index (χ3v) is 3.13. The molecule has 0 radical (unpaired) electrons. The lowest BCUT2D eigenvalue weighted by molar-refractivity contribution is -0.146. The Morgan fingerprint density at radius 2 is 2.12 bits per heavy atom. The second kappa shape index (κ2) is 3.91. The molecule has 0 aliphatic heterocycles. The van der Waals surface area contributed by atoms with Crippen molar-refractivity contribution in [2.24, 2.45) is 5.41 Å². The molecule has 1 heterocycles. The van der Waals surface area contributed by atoms with Crippen molar-refractivity contribution in [2.75, 3.05) is 0 Å². The highest BCUT2D eigenvalue weighted by Crippen LogP contribution is 2.27. The molecule has 0 unspecified atom stereocenters. The monoisotopic (exact) mass is 231 g/mol. The number of H-pyrrole nitrogens is 1. The van der Waals surface area contributed by atoms with E-state index in [1.54, 1.807) is 13.8 Å². The molecule has 1 aromatic heterocycles. The zero-order valence-electron chi connectivity index (χ0n) is 10.4. The number of nitrogens with one attached hydrogen (secondary N) is 1. The third-order valence-electron chi connectivity index (χ3n) is 3.13. The summed E-state index contributed by atoms with van der Waals surface area (Å²) in [5.41, 5.74) is 2.59. The lowest BCUT2D eigenvalue weighted by Gasteiger charge is -2.18. The summed E-state index contributed by atoms with van der Waals surface area (Å²) in [6, 6.07) is 6.18. The minimum atomic E-state index is -0.765. The van der Waals surface area contributed by atoms with E-state index >= 15 is 0 Å². The van der Waals surface area contributed by atoms with Gasteiger partial charge in [0.05, 0.1) is 5.41 Å². The predicted molar refractivity (Wildman–Crippen MR) is 68.2 cm³/mol. The molecule has 0 saturated carbocycles. The van der Waals surface area contributed by atoms with Crippen molar-refractivity contribution in [1.82, 2.24) is 4.98 Å². The van der Waals surface area contributed by atoms with Crippen molar-refractivity contribution in [3.63, 3.8) is 0 Å². The zero-order chi connectivity index (χ0) is 12.6. The van der Waals surface area contributed by atoms with Crippen LogP contribution in [0, 0.1) is 12.3 Å². The quantitative estimate of drug-likeness (QED) is 0.852. The molecule has 2 N–H and O–H groups in total. The zero-order valence-corrected chi connectivity index (χ0v) is 10.4. The van der Waals surface area contributed by atoms with Crippen molar-refractivity contribution in [2.45, 2.75) is 27.2 Å². The molecule has 0 fully saturated rings. The summed E-state index contributed by atoms with van der Waals surface area (Å²) >= 11 is 0. The van der Waals surface area contributed by atoms with Crippen molar-refractivity contribution < 1.29 is 9.90 Å². The lowest BCUT2D eigenvalue weighted by atomic mass is 9.86. The maximum atomic E-state index is 11.1. The van der Waals surface area contributed by atoms with Crippen LogP contribution in [0.5, 0.6) is 0 Å². The largest absolute Gasteiger partial charge is 0.481 e. The molecule has 3 heteroatoms. The summed E-state index contributed by atoms with van der Waals surface area (Å²) in [6.07, 6.45) is 2.44. The van der Waals surface area contributed by atoms with Gasteiger partial charge in [-0.15, -0.1) is 0 Å². The second-order valence-corrected chi connectivity index (χ2v) is 5.23. The Morgan fingerprint density at radius 1 is 1.41 bits per heavy atom. The minimum absolute atomic E-state index is 0.533. The molecule has 0 bridgehead atoms. The summed E-state index contributed by atoms with van der Waals surface area (Å²) in [5.74, 6) is -0.765. The first-order valence-corrected chi connectivity index (χ1v) is 5.70. The van der Waals surface area contributed by atoms with Gasteiger partial charge in [-0.1, -0.05) is 12.1 Å². The smallest absolute Gasteiger partial charge is 0.309 e. The highest BCUT2D eigenvalue weighted by Gasteiger charge is 2.28. The predicted octanol–water partition coefficient (Wildman–Crippen LogP) is 3.13. The number of benzene rings is 1. The Bertz CT molecular complexity index is 567. The van der Waals surface area contributed by atoms with Gasteiger partial charge in [0.2, 0.25) is 0 Å². The first-order chi connectivity index (χ1) is 7.90.